The summed E-state index contributed by atoms with van der Waals surface area (Å²) in [5, 5.41) is 0.258. The van der Waals surface area contributed by atoms with E-state index in [0.29, 0.717) is 28.1 Å². The molecule has 2 rings (SSSR count). The number of hydrogen-bond donors (Lipinski definition) is 0. The van der Waals surface area contributed by atoms with Gasteiger partial charge in [-0.3, -0.25) is 0 Å². The number of carbonyl (C=O) groups is 1. The van der Waals surface area contributed by atoms with Gasteiger partial charge in [0.1, 0.15) is 12.4 Å². The first-order chi connectivity index (χ1) is 12.5. The van der Waals surface area contributed by atoms with E-state index in [4.69, 9.17) is 32.2 Å². The number of rotatable bonds is 7. The van der Waals surface area contributed by atoms with E-state index in [9.17, 15) is 9.18 Å². The lowest BCUT2D eigenvalue weighted by molar-refractivity contribution is 0.0556. The minimum atomic E-state index is -0.572. The number of benzene rings is 2. The van der Waals surface area contributed by atoms with Crippen LogP contribution in [0.2, 0.25) is 5.02 Å². The van der Waals surface area contributed by atoms with Crippen LogP contribution in [0.25, 0.3) is 0 Å². The zero-order valence-electron chi connectivity index (χ0n) is 13.9. The summed E-state index contributed by atoms with van der Waals surface area (Å²) in [4.78, 5) is 12.0. The molecule has 26 heavy (non-hydrogen) atoms. The maximum atomic E-state index is 13.1. The molecule has 0 N–H and O–H groups in total. The molecule has 0 saturated carbocycles. The van der Waals surface area contributed by atoms with Crippen molar-refractivity contribution in [3.8, 4) is 23.8 Å². The van der Waals surface area contributed by atoms with Crippen LogP contribution in [-0.2, 0) is 11.3 Å². The quantitative estimate of drug-likeness (QED) is 0.448. The summed E-state index contributed by atoms with van der Waals surface area (Å²) in [5.74, 6) is 1.98. The van der Waals surface area contributed by atoms with Crippen molar-refractivity contribution < 1.29 is 23.4 Å². The van der Waals surface area contributed by atoms with E-state index in [2.05, 4.69) is 21.9 Å². The van der Waals surface area contributed by atoms with Gasteiger partial charge in [-0.1, -0.05) is 23.6 Å². The Hall–Kier alpha value is -2.23. The molecule has 136 valence electrons. The second kappa shape index (κ2) is 9.46. The summed E-state index contributed by atoms with van der Waals surface area (Å²) >= 11 is 9.37. The van der Waals surface area contributed by atoms with Crippen LogP contribution < -0.4 is 9.47 Å². The molecule has 0 unspecified atom stereocenters. The van der Waals surface area contributed by atoms with Crippen molar-refractivity contribution in [1.29, 1.82) is 0 Å². The lowest BCUT2D eigenvalue weighted by Gasteiger charge is -2.15. The van der Waals surface area contributed by atoms with E-state index in [1.54, 1.807) is 13.0 Å². The van der Waals surface area contributed by atoms with Crippen molar-refractivity contribution in [3.63, 3.8) is 0 Å². The van der Waals surface area contributed by atoms with Crippen molar-refractivity contribution in [2.24, 2.45) is 0 Å². The predicted octanol–water partition coefficient (Wildman–Crippen LogP) is 5.01. The Morgan fingerprint density at radius 1 is 1.31 bits per heavy atom. The Morgan fingerprint density at radius 3 is 2.73 bits per heavy atom. The van der Waals surface area contributed by atoms with Gasteiger partial charge in [0, 0.05) is 5.56 Å². The van der Waals surface area contributed by atoms with E-state index < -0.39 is 11.8 Å². The molecule has 4 nitrogen and oxygen atoms in total. The van der Waals surface area contributed by atoms with Crippen molar-refractivity contribution in [2.75, 3.05) is 13.2 Å². The number of esters is 1. The van der Waals surface area contributed by atoms with Crippen LogP contribution in [0.3, 0.4) is 0 Å². The number of halogens is 3. The van der Waals surface area contributed by atoms with E-state index in [1.165, 1.54) is 24.3 Å². The summed E-state index contributed by atoms with van der Waals surface area (Å²) in [6.45, 7) is 2.14. The maximum absolute atomic E-state index is 13.1. The molecule has 0 heterocycles. The molecule has 0 aliphatic heterocycles. The first-order valence-electron chi connectivity index (χ1n) is 7.60. The average molecular weight is 442 g/mol. The second-order valence-electron chi connectivity index (χ2n) is 5.02. The minimum Gasteiger partial charge on any atom is -0.490 e. The van der Waals surface area contributed by atoms with Crippen LogP contribution in [0.4, 0.5) is 4.39 Å². The van der Waals surface area contributed by atoms with E-state index >= 15 is 0 Å². The summed E-state index contributed by atoms with van der Waals surface area (Å²) in [7, 11) is 0. The molecule has 0 amide bonds. The van der Waals surface area contributed by atoms with Crippen molar-refractivity contribution >= 4 is 33.5 Å². The fourth-order valence-corrected chi connectivity index (χ4v) is 2.85. The molecular formula is C19H15BrClFO4. The topological polar surface area (TPSA) is 44.8 Å². The average Bonchev–Trinajstić information content (AvgIpc) is 2.60. The fraction of sp³-hybridized carbons (Fsp3) is 0.211. The zero-order valence-corrected chi connectivity index (χ0v) is 16.2. The molecule has 0 saturated heterocycles. The molecule has 0 aliphatic carbocycles. The van der Waals surface area contributed by atoms with Gasteiger partial charge in [-0.2, -0.15) is 0 Å². The predicted molar refractivity (Wildman–Crippen MR) is 100 cm³/mol. The monoisotopic (exact) mass is 440 g/mol. The Kier molecular flexibility index (Phi) is 7.31. The number of hydrogen-bond acceptors (Lipinski definition) is 4. The fourth-order valence-electron chi connectivity index (χ4n) is 2.07. The summed E-state index contributed by atoms with van der Waals surface area (Å²) in [5.41, 5.74) is 0.877. The van der Waals surface area contributed by atoms with E-state index in [-0.39, 0.29) is 23.8 Å². The largest absolute Gasteiger partial charge is 0.490 e. The van der Waals surface area contributed by atoms with Gasteiger partial charge in [0.05, 0.1) is 21.7 Å². The van der Waals surface area contributed by atoms with Crippen molar-refractivity contribution in [1.82, 2.24) is 0 Å². The third-order valence-electron chi connectivity index (χ3n) is 3.22. The first kappa shape index (κ1) is 20.1. The van der Waals surface area contributed by atoms with Gasteiger partial charge >= 0.3 is 5.97 Å². The molecule has 0 radical (unpaired) electrons. The highest BCUT2D eigenvalue weighted by molar-refractivity contribution is 9.10. The molecule has 2 aromatic carbocycles. The Bertz CT molecular complexity index is 848. The smallest absolute Gasteiger partial charge is 0.339 e. The lowest BCUT2D eigenvalue weighted by Crippen LogP contribution is -2.07. The highest BCUT2D eigenvalue weighted by Gasteiger charge is 2.17. The maximum Gasteiger partial charge on any atom is 0.339 e. The van der Waals surface area contributed by atoms with Gasteiger partial charge < -0.3 is 14.2 Å². The first-order valence-corrected chi connectivity index (χ1v) is 8.77. The van der Waals surface area contributed by atoms with Gasteiger partial charge in [0.15, 0.2) is 18.1 Å². The standard InChI is InChI=1S/C19H15BrClFO4/c1-3-7-25-19(23)13-8-15(20)18(17(9-13)24-4-2)26-11-12-5-6-14(22)10-16(12)21/h1,5-6,8-10H,4,7,11H2,2H3. The molecule has 7 heteroatoms. The molecule has 0 bridgehead atoms. The third-order valence-corrected chi connectivity index (χ3v) is 4.16. The Morgan fingerprint density at radius 2 is 2.08 bits per heavy atom. The summed E-state index contributed by atoms with van der Waals surface area (Å²) in [6, 6.07) is 7.10. The highest BCUT2D eigenvalue weighted by atomic mass is 79.9. The lowest BCUT2D eigenvalue weighted by atomic mass is 10.2. The second-order valence-corrected chi connectivity index (χ2v) is 6.28. The molecule has 0 aromatic heterocycles. The molecule has 2 aromatic rings. The van der Waals surface area contributed by atoms with Gasteiger partial charge in [0.25, 0.3) is 0 Å². The molecule has 0 atom stereocenters. The zero-order chi connectivity index (χ0) is 19.1. The molecule has 0 fully saturated rings. The number of ether oxygens (including phenoxy) is 3. The van der Waals surface area contributed by atoms with Crippen LogP contribution in [0.15, 0.2) is 34.8 Å². The van der Waals surface area contributed by atoms with Crippen LogP contribution in [-0.4, -0.2) is 19.2 Å². The van der Waals surface area contributed by atoms with Crippen LogP contribution in [0.1, 0.15) is 22.8 Å². The van der Waals surface area contributed by atoms with Gasteiger partial charge in [-0.05, 0) is 47.1 Å². The summed E-state index contributed by atoms with van der Waals surface area (Å²) in [6.07, 6.45) is 5.09. The van der Waals surface area contributed by atoms with Crippen molar-refractivity contribution in [3.05, 3.63) is 56.8 Å². The third kappa shape index (κ3) is 5.13. The van der Waals surface area contributed by atoms with Crippen LogP contribution in [0, 0.1) is 18.2 Å². The molecular weight excluding hydrogens is 427 g/mol. The number of carbonyl (C=O) groups excluding carboxylic acids is 1. The van der Waals surface area contributed by atoms with Gasteiger partial charge in [0.2, 0.25) is 0 Å². The number of terminal acetylenes is 1. The Balaban J connectivity index is 2.26. The highest BCUT2D eigenvalue weighted by Crippen LogP contribution is 2.38. The van der Waals surface area contributed by atoms with Gasteiger partial charge in [-0.25, -0.2) is 9.18 Å². The summed E-state index contributed by atoms with van der Waals surface area (Å²) < 4.78 is 29.9. The molecule has 0 aliphatic rings. The van der Waals surface area contributed by atoms with Crippen LogP contribution in [0.5, 0.6) is 11.5 Å². The minimum absolute atomic E-state index is 0.0959. The SMILES string of the molecule is C#CCOC(=O)c1cc(Br)c(OCc2ccc(F)cc2Cl)c(OCC)c1. The van der Waals surface area contributed by atoms with Gasteiger partial charge in [-0.15, -0.1) is 6.42 Å². The van der Waals surface area contributed by atoms with Crippen molar-refractivity contribution in [2.45, 2.75) is 13.5 Å². The Labute approximate surface area is 164 Å². The molecule has 0 spiro atoms. The van der Waals surface area contributed by atoms with Crippen LogP contribution >= 0.6 is 27.5 Å². The van der Waals surface area contributed by atoms with E-state index in [1.807, 2.05) is 0 Å². The van der Waals surface area contributed by atoms with E-state index in [0.717, 1.165) is 0 Å². The normalized spacial score (nSPS) is 10.1.